The molecule has 0 atom stereocenters. The quantitative estimate of drug-likeness (QED) is 0.483. The predicted molar refractivity (Wildman–Crippen MR) is 66.6 cm³/mol. The number of rotatable bonds is 8. The lowest BCUT2D eigenvalue weighted by molar-refractivity contribution is -0.359. The van der Waals surface area contributed by atoms with Crippen LogP contribution >= 0.6 is 0 Å². The molecule has 4 nitrogen and oxygen atoms in total. The van der Waals surface area contributed by atoms with Crippen molar-refractivity contribution in [1.29, 1.82) is 0 Å². The van der Waals surface area contributed by atoms with E-state index in [1.807, 2.05) is 0 Å². The SMILES string of the molecule is CCC(C)(C)C(=O)OCCC(=O)OCC(F)(F)C(F)(F)C(F)(F)F. The first-order valence-electron chi connectivity index (χ1n) is 6.73. The van der Waals surface area contributed by atoms with Gasteiger partial charge in [0.2, 0.25) is 0 Å². The van der Waals surface area contributed by atoms with E-state index in [1.165, 1.54) is 0 Å². The fourth-order valence-corrected chi connectivity index (χ4v) is 1.11. The Hall–Kier alpha value is -1.55. The molecule has 0 spiro atoms. The van der Waals surface area contributed by atoms with Gasteiger partial charge in [-0.25, -0.2) is 0 Å². The van der Waals surface area contributed by atoms with Crippen molar-refractivity contribution in [3.8, 4) is 0 Å². The maximum absolute atomic E-state index is 12.9. The van der Waals surface area contributed by atoms with Crippen LogP contribution in [0.15, 0.2) is 0 Å². The second kappa shape index (κ2) is 7.56. The van der Waals surface area contributed by atoms with E-state index >= 15 is 0 Å². The summed E-state index contributed by atoms with van der Waals surface area (Å²) < 4.78 is 94.8. The van der Waals surface area contributed by atoms with Crippen molar-refractivity contribution in [3.05, 3.63) is 0 Å². The molecule has 0 bridgehead atoms. The highest BCUT2D eigenvalue weighted by atomic mass is 19.4. The number of ether oxygens (including phenoxy) is 2. The van der Waals surface area contributed by atoms with Gasteiger partial charge in [-0.05, 0) is 20.3 Å². The van der Waals surface area contributed by atoms with Crippen LogP contribution in [0.25, 0.3) is 0 Å². The molecular weight excluding hydrogens is 353 g/mol. The van der Waals surface area contributed by atoms with Crippen molar-refractivity contribution in [2.75, 3.05) is 13.2 Å². The van der Waals surface area contributed by atoms with E-state index in [0.717, 1.165) is 0 Å². The van der Waals surface area contributed by atoms with E-state index in [4.69, 9.17) is 0 Å². The maximum atomic E-state index is 12.9. The van der Waals surface area contributed by atoms with Crippen molar-refractivity contribution in [3.63, 3.8) is 0 Å². The topological polar surface area (TPSA) is 52.6 Å². The van der Waals surface area contributed by atoms with Crippen LogP contribution in [0.3, 0.4) is 0 Å². The smallest absolute Gasteiger partial charge is 0.460 e. The van der Waals surface area contributed by atoms with Gasteiger partial charge in [0.15, 0.2) is 6.61 Å². The summed E-state index contributed by atoms with van der Waals surface area (Å²) in [6.07, 6.45) is -6.85. The van der Waals surface area contributed by atoms with Crippen LogP contribution in [0.1, 0.15) is 33.6 Å². The van der Waals surface area contributed by atoms with Gasteiger partial charge in [-0.2, -0.15) is 30.7 Å². The zero-order chi connectivity index (χ0) is 19.4. The maximum Gasteiger partial charge on any atom is 0.460 e. The highest BCUT2D eigenvalue weighted by Gasteiger charge is 2.73. The second-order valence-electron chi connectivity index (χ2n) is 5.56. The second-order valence-corrected chi connectivity index (χ2v) is 5.56. The third kappa shape index (κ3) is 5.52. The molecule has 0 aromatic carbocycles. The highest BCUT2D eigenvalue weighted by molar-refractivity contribution is 5.76. The molecule has 11 heteroatoms. The Morgan fingerprint density at radius 1 is 0.917 bits per heavy atom. The predicted octanol–water partition coefficient (Wildman–Crippen LogP) is 3.73. The molecule has 0 radical (unpaired) electrons. The number of hydrogen-bond acceptors (Lipinski definition) is 4. The molecule has 0 aliphatic rings. The number of alkyl halides is 7. The minimum Gasteiger partial charge on any atom is -0.465 e. The van der Waals surface area contributed by atoms with E-state index in [9.17, 15) is 40.3 Å². The number of carbonyl (C=O) groups is 2. The van der Waals surface area contributed by atoms with Crippen molar-refractivity contribution in [2.24, 2.45) is 5.41 Å². The molecule has 0 aromatic heterocycles. The van der Waals surface area contributed by atoms with Gasteiger partial charge in [-0.1, -0.05) is 6.92 Å². The van der Waals surface area contributed by atoms with Gasteiger partial charge in [0.05, 0.1) is 11.8 Å². The minimum absolute atomic E-state index is 0.412. The summed E-state index contributed by atoms with van der Waals surface area (Å²) in [6.45, 7) is 1.76. The van der Waals surface area contributed by atoms with E-state index in [1.54, 1.807) is 20.8 Å². The largest absolute Gasteiger partial charge is 0.465 e. The molecule has 24 heavy (non-hydrogen) atoms. The minimum atomic E-state index is -6.50. The van der Waals surface area contributed by atoms with Gasteiger partial charge in [0.25, 0.3) is 0 Å². The van der Waals surface area contributed by atoms with Crippen LogP contribution in [0.4, 0.5) is 30.7 Å². The lowest BCUT2D eigenvalue weighted by Crippen LogP contribution is -2.54. The van der Waals surface area contributed by atoms with Crippen molar-refractivity contribution in [2.45, 2.75) is 51.6 Å². The fraction of sp³-hybridized carbons (Fsp3) is 0.846. The third-order valence-corrected chi connectivity index (χ3v) is 3.21. The average molecular weight is 370 g/mol. The third-order valence-electron chi connectivity index (χ3n) is 3.21. The number of halogens is 7. The zero-order valence-electron chi connectivity index (χ0n) is 13.1. The Kier molecular flexibility index (Phi) is 7.07. The van der Waals surface area contributed by atoms with E-state index in [-0.39, 0.29) is 0 Å². The molecule has 0 aliphatic heterocycles. The van der Waals surface area contributed by atoms with Crippen molar-refractivity contribution >= 4 is 11.9 Å². The van der Waals surface area contributed by atoms with Crippen LogP contribution in [0, 0.1) is 5.41 Å². The molecule has 0 aliphatic carbocycles. The Balaban J connectivity index is 4.44. The first-order valence-corrected chi connectivity index (χ1v) is 6.73. The van der Waals surface area contributed by atoms with Gasteiger partial charge in [-0.3, -0.25) is 9.59 Å². The Morgan fingerprint density at radius 2 is 1.42 bits per heavy atom. The Morgan fingerprint density at radius 3 is 1.83 bits per heavy atom. The number of carbonyl (C=O) groups excluding carboxylic acids is 2. The summed E-state index contributed by atoms with van der Waals surface area (Å²) >= 11 is 0. The van der Waals surface area contributed by atoms with Crippen LogP contribution in [0.2, 0.25) is 0 Å². The standard InChI is InChI=1S/C13H17F7O4/c1-4-10(2,3)9(22)23-6-5-8(21)24-7-11(14,15)12(16,17)13(18,19)20/h4-7H2,1-3H3. The molecule has 0 heterocycles. The molecule has 0 rings (SSSR count). The fourth-order valence-electron chi connectivity index (χ4n) is 1.11. The van der Waals surface area contributed by atoms with Crippen LogP contribution in [-0.4, -0.2) is 43.2 Å². The van der Waals surface area contributed by atoms with Gasteiger partial charge < -0.3 is 9.47 Å². The lowest BCUT2D eigenvalue weighted by Gasteiger charge is -2.27. The van der Waals surface area contributed by atoms with Crippen molar-refractivity contribution in [1.82, 2.24) is 0 Å². The number of esters is 2. The summed E-state index contributed by atoms with van der Waals surface area (Å²) in [7, 11) is 0. The van der Waals surface area contributed by atoms with Gasteiger partial charge in [0.1, 0.15) is 6.61 Å². The first kappa shape index (κ1) is 22.4. The Labute approximate surface area is 133 Å². The van der Waals surface area contributed by atoms with Crippen LogP contribution in [0.5, 0.6) is 0 Å². The van der Waals surface area contributed by atoms with Crippen LogP contribution in [-0.2, 0) is 19.1 Å². The normalized spacial score (nSPS) is 13.6. The molecule has 142 valence electrons. The van der Waals surface area contributed by atoms with Crippen molar-refractivity contribution < 1.29 is 49.8 Å². The van der Waals surface area contributed by atoms with Crippen LogP contribution < -0.4 is 0 Å². The highest BCUT2D eigenvalue weighted by Crippen LogP contribution is 2.46. The summed E-state index contributed by atoms with van der Waals surface area (Å²) in [5.41, 5.74) is -0.855. The van der Waals surface area contributed by atoms with E-state index in [0.29, 0.717) is 6.42 Å². The lowest BCUT2D eigenvalue weighted by atomic mass is 9.91. The van der Waals surface area contributed by atoms with E-state index in [2.05, 4.69) is 9.47 Å². The average Bonchev–Trinajstić information content (AvgIpc) is 2.43. The summed E-state index contributed by atoms with van der Waals surface area (Å²) in [5.74, 6) is -14.2. The summed E-state index contributed by atoms with van der Waals surface area (Å²) in [5, 5.41) is 0. The first-order chi connectivity index (χ1) is 10.6. The Bertz CT molecular complexity index is 458. The van der Waals surface area contributed by atoms with Gasteiger partial charge in [-0.15, -0.1) is 0 Å². The molecule has 0 amide bonds. The molecule has 0 saturated heterocycles. The van der Waals surface area contributed by atoms with Gasteiger partial charge in [0, 0.05) is 0 Å². The monoisotopic (exact) mass is 370 g/mol. The summed E-state index contributed by atoms with van der Waals surface area (Å²) in [6, 6.07) is 0. The van der Waals surface area contributed by atoms with Gasteiger partial charge >= 0.3 is 30.0 Å². The molecule has 0 fully saturated rings. The molecule has 0 saturated carbocycles. The molecule has 0 N–H and O–H groups in total. The van der Waals surface area contributed by atoms with E-state index < -0.39 is 55.0 Å². The molecule has 0 unspecified atom stereocenters. The molecular formula is C13H17F7O4. The molecule has 0 aromatic rings. The zero-order valence-corrected chi connectivity index (χ0v) is 13.1. The summed E-state index contributed by atoms with van der Waals surface area (Å²) in [4.78, 5) is 22.6. The number of hydrogen-bond donors (Lipinski definition) is 0.